The van der Waals surface area contributed by atoms with Gasteiger partial charge in [0, 0.05) is 23.7 Å². The Hall–Kier alpha value is -0.830. The van der Waals surface area contributed by atoms with Crippen molar-refractivity contribution in [1.29, 1.82) is 0 Å². The molecule has 3 aliphatic rings. The second kappa shape index (κ2) is 9.39. The molecule has 0 aromatic carbocycles. The Morgan fingerprint density at radius 3 is 1.85 bits per heavy atom. The predicted molar refractivity (Wildman–Crippen MR) is 107 cm³/mol. The van der Waals surface area contributed by atoms with Crippen LogP contribution in [0.1, 0.15) is 97.3 Å². The molecule has 0 radical (unpaired) electrons. The van der Waals surface area contributed by atoms with Crippen molar-refractivity contribution in [2.24, 2.45) is 5.92 Å². The van der Waals surface area contributed by atoms with Crippen LogP contribution in [-0.4, -0.2) is 35.1 Å². The molecule has 0 spiro atoms. The molecule has 3 fully saturated rings. The lowest BCUT2D eigenvalue weighted by molar-refractivity contribution is -0.146. The Labute approximate surface area is 160 Å². The minimum Gasteiger partial charge on any atom is -0.459 e. The molecule has 0 unspecified atom stereocenters. The summed E-state index contributed by atoms with van der Waals surface area (Å²) < 4.78 is 5.63. The summed E-state index contributed by atoms with van der Waals surface area (Å²) >= 11 is 0. The molecule has 0 aromatic rings. The Morgan fingerprint density at radius 2 is 1.31 bits per heavy atom. The highest BCUT2D eigenvalue weighted by Crippen LogP contribution is 2.37. The first-order chi connectivity index (χ1) is 12.5. The van der Waals surface area contributed by atoms with Crippen LogP contribution >= 0.6 is 0 Å². The molecule has 3 rings (SSSR count). The Balaban J connectivity index is 1.60. The van der Waals surface area contributed by atoms with Crippen LogP contribution in [0.15, 0.2) is 12.2 Å². The SMILES string of the molecule is C=C(C)C(=O)OC1CCC(N(C2CCCCC2)C2CCC(C)CC2)CC1. The van der Waals surface area contributed by atoms with Crippen LogP contribution in [-0.2, 0) is 9.53 Å². The fourth-order valence-electron chi connectivity index (χ4n) is 5.53. The molecule has 0 saturated heterocycles. The van der Waals surface area contributed by atoms with E-state index in [0.29, 0.717) is 11.6 Å². The van der Waals surface area contributed by atoms with Crippen molar-refractivity contribution in [2.45, 2.75) is 122 Å². The summed E-state index contributed by atoms with van der Waals surface area (Å²) in [6.45, 7) is 7.87. The summed E-state index contributed by atoms with van der Waals surface area (Å²) in [5.41, 5.74) is 0.521. The van der Waals surface area contributed by atoms with Gasteiger partial charge in [0.2, 0.25) is 0 Å². The number of esters is 1. The molecule has 0 heterocycles. The molecule has 0 aromatic heterocycles. The third-order valence-corrected chi connectivity index (χ3v) is 7.09. The number of nitrogens with zero attached hydrogens (tertiary/aromatic N) is 1. The highest BCUT2D eigenvalue weighted by Gasteiger charge is 2.37. The molecule has 26 heavy (non-hydrogen) atoms. The molecule has 3 heteroatoms. The third kappa shape index (κ3) is 5.12. The first-order valence-electron chi connectivity index (χ1n) is 11.2. The summed E-state index contributed by atoms with van der Waals surface area (Å²) in [5, 5.41) is 0. The molecular weight excluding hydrogens is 322 g/mol. The number of rotatable bonds is 5. The van der Waals surface area contributed by atoms with E-state index in [4.69, 9.17) is 4.74 Å². The van der Waals surface area contributed by atoms with Crippen LogP contribution in [0.25, 0.3) is 0 Å². The Kier molecular flexibility index (Phi) is 7.19. The fourth-order valence-corrected chi connectivity index (χ4v) is 5.53. The lowest BCUT2D eigenvalue weighted by Gasteiger charge is -2.48. The average Bonchev–Trinajstić information content (AvgIpc) is 2.66. The second-order valence-electron chi connectivity index (χ2n) is 9.27. The zero-order valence-electron chi connectivity index (χ0n) is 17.0. The Morgan fingerprint density at radius 1 is 0.808 bits per heavy atom. The van der Waals surface area contributed by atoms with E-state index in [2.05, 4.69) is 18.4 Å². The van der Waals surface area contributed by atoms with Gasteiger partial charge in [-0.1, -0.05) is 32.8 Å². The van der Waals surface area contributed by atoms with Crippen LogP contribution in [0.4, 0.5) is 0 Å². The predicted octanol–water partition coefficient (Wildman–Crippen LogP) is 5.63. The Bertz CT molecular complexity index is 467. The maximum Gasteiger partial charge on any atom is 0.333 e. The maximum atomic E-state index is 11.8. The number of carbonyl (C=O) groups excluding carboxylic acids is 1. The van der Waals surface area contributed by atoms with Crippen molar-refractivity contribution in [1.82, 2.24) is 4.90 Å². The van der Waals surface area contributed by atoms with E-state index in [1.54, 1.807) is 6.92 Å². The highest BCUT2D eigenvalue weighted by atomic mass is 16.5. The normalized spacial score (nSPS) is 33.8. The van der Waals surface area contributed by atoms with Crippen molar-refractivity contribution in [3.8, 4) is 0 Å². The summed E-state index contributed by atoms with van der Waals surface area (Å²) in [5.74, 6) is 0.704. The van der Waals surface area contributed by atoms with Crippen LogP contribution in [0.3, 0.4) is 0 Å². The van der Waals surface area contributed by atoms with Crippen molar-refractivity contribution in [3.63, 3.8) is 0 Å². The smallest absolute Gasteiger partial charge is 0.333 e. The zero-order valence-corrected chi connectivity index (χ0v) is 17.0. The van der Waals surface area contributed by atoms with E-state index < -0.39 is 0 Å². The van der Waals surface area contributed by atoms with Crippen molar-refractivity contribution >= 4 is 5.97 Å². The van der Waals surface area contributed by atoms with Gasteiger partial charge in [-0.2, -0.15) is 0 Å². The fraction of sp³-hybridized carbons (Fsp3) is 0.870. The number of hydrogen-bond donors (Lipinski definition) is 0. The van der Waals surface area contributed by atoms with Crippen LogP contribution in [0.2, 0.25) is 0 Å². The van der Waals surface area contributed by atoms with Gasteiger partial charge in [-0.3, -0.25) is 4.90 Å². The molecule has 0 N–H and O–H groups in total. The molecule has 0 amide bonds. The van der Waals surface area contributed by atoms with E-state index in [0.717, 1.165) is 30.8 Å². The standard InChI is InChI=1S/C23H39NO2/c1-17(2)23(25)26-22-15-13-21(14-16-22)24(19-7-5-4-6-8-19)20-11-9-18(3)10-12-20/h18-22H,1,4-16H2,2-3H3. The first-order valence-corrected chi connectivity index (χ1v) is 11.2. The van der Waals surface area contributed by atoms with Gasteiger partial charge in [0.1, 0.15) is 6.10 Å². The van der Waals surface area contributed by atoms with Crippen molar-refractivity contribution in [2.75, 3.05) is 0 Å². The van der Waals surface area contributed by atoms with E-state index >= 15 is 0 Å². The van der Waals surface area contributed by atoms with E-state index in [1.807, 2.05) is 0 Å². The molecule has 148 valence electrons. The summed E-state index contributed by atoms with van der Waals surface area (Å²) in [6, 6.07) is 2.31. The quantitative estimate of drug-likeness (QED) is 0.469. The van der Waals surface area contributed by atoms with Crippen molar-refractivity contribution in [3.05, 3.63) is 12.2 Å². The average molecular weight is 362 g/mol. The van der Waals surface area contributed by atoms with Gasteiger partial charge in [0.25, 0.3) is 0 Å². The highest BCUT2D eigenvalue weighted by molar-refractivity contribution is 5.87. The van der Waals surface area contributed by atoms with E-state index in [9.17, 15) is 4.79 Å². The summed E-state index contributed by atoms with van der Waals surface area (Å²) in [7, 11) is 0. The first kappa shape index (κ1) is 19.9. The zero-order chi connectivity index (χ0) is 18.5. The lowest BCUT2D eigenvalue weighted by atomic mass is 9.81. The van der Waals surface area contributed by atoms with Crippen molar-refractivity contribution < 1.29 is 9.53 Å². The number of ether oxygens (including phenoxy) is 1. The molecule has 3 aliphatic carbocycles. The van der Waals surface area contributed by atoms with Crippen LogP contribution < -0.4 is 0 Å². The molecule has 0 bridgehead atoms. The maximum absolute atomic E-state index is 11.8. The van der Waals surface area contributed by atoms with Gasteiger partial charge in [0.15, 0.2) is 0 Å². The molecule has 0 atom stereocenters. The molecular formula is C23H39NO2. The summed E-state index contributed by atoms with van der Waals surface area (Å²) in [6.07, 6.45) is 17.2. The monoisotopic (exact) mass is 361 g/mol. The summed E-state index contributed by atoms with van der Waals surface area (Å²) in [4.78, 5) is 14.8. The van der Waals surface area contributed by atoms with Gasteiger partial charge in [-0.15, -0.1) is 0 Å². The minimum atomic E-state index is -0.209. The second-order valence-corrected chi connectivity index (χ2v) is 9.27. The molecule has 3 nitrogen and oxygen atoms in total. The van der Waals surface area contributed by atoms with Gasteiger partial charge < -0.3 is 4.74 Å². The van der Waals surface area contributed by atoms with Gasteiger partial charge in [0.05, 0.1) is 0 Å². The largest absolute Gasteiger partial charge is 0.459 e. The number of hydrogen-bond acceptors (Lipinski definition) is 3. The lowest BCUT2D eigenvalue weighted by Crippen LogP contribution is -2.52. The van der Waals surface area contributed by atoms with E-state index in [1.165, 1.54) is 70.6 Å². The van der Waals surface area contributed by atoms with Crippen LogP contribution in [0.5, 0.6) is 0 Å². The van der Waals surface area contributed by atoms with Gasteiger partial charge in [-0.25, -0.2) is 4.79 Å². The van der Waals surface area contributed by atoms with E-state index in [-0.39, 0.29) is 12.1 Å². The topological polar surface area (TPSA) is 29.5 Å². The van der Waals surface area contributed by atoms with Crippen LogP contribution in [0, 0.1) is 5.92 Å². The minimum absolute atomic E-state index is 0.107. The third-order valence-electron chi connectivity index (χ3n) is 7.09. The molecule has 0 aliphatic heterocycles. The molecule has 3 saturated carbocycles. The van der Waals surface area contributed by atoms with Gasteiger partial charge in [-0.05, 0) is 77.0 Å². The number of carbonyl (C=O) groups is 1. The van der Waals surface area contributed by atoms with Gasteiger partial charge >= 0.3 is 5.97 Å².